The largest absolute Gasteiger partial charge is 0.345 e. The van der Waals surface area contributed by atoms with Crippen LogP contribution in [0.2, 0.25) is 0 Å². The van der Waals surface area contributed by atoms with E-state index in [1.807, 2.05) is 11.8 Å². The van der Waals surface area contributed by atoms with Crippen molar-refractivity contribution in [2.24, 2.45) is 7.05 Å². The number of hydrogen-bond acceptors (Lipinski definition) is 6. The van der Waals surface area contributed by atoms with Crippen molar-refractivity contribution in [3.63, 3.8) is 0 Å². The number of likely N-dealkylation sites (tertiary alicyclic amines) is 1. The van der Waals surface area contributed by atoms with Crippen molar-refractivity contribution >= 4 is 5.91 Å². The van der Waals surface area contributed by atoms with Crippen LogP contribution in [0.15, 0.2) is 35.8 Å². The fourth-order valence-electron chi connectivity index (χ4n) is 3.69. The second-order valence-corrected chi connectivity index (χ2v) is 6.87. The predicted molar refractivity (Wildman–Crippen MR) is 100 cm³/mol. The zero-order valence-electron chi connectivity index (χ0n) is 15.9. The molecule has 0 saturated carbocycles. The van der Waals surface area contributed by atoms with E-state index in [0.717, 1.165) is 18.7 Å². The third-order valence-corrected chi connectivity index (χ3v) is 5.10. The van der Waals surface area contributed by atoms with E-state index in [-0.39, 0.29) is 17.5 Å². The number of aromatic nitrogens is 7. The maximum Gasteiger partial charge on any atom is 0.345 e. The van der Waals surface area contributed by atoms with Crippen molar-refractivity contribution in [2.75, 3.05) is 13.1 Å². The predicted octanol–water partition coefficient (Wildman–Crippen LogP) is 0.597. The summed E-state index contributed by atoms with van der Waals surface area (Å²) in [7, 11) is 1.66. The normalized spacial score (nSPS) is 17.1. The first-order valence-electron chi connectivity index (χ1n) is 9.32. The van der Waals surface area contributed by atoms with Crippen LogP contribution in [0.3, 0.4) is 0 Å². The topological polar surface area (TPSA) is 104 Å². The van der Waals surface area contributed by atoms with Crippen LogP contribution in [0.25, 0.3) is 5.82 Å². The van der Waals surface area contributed by atoms with E-state index < -0.39 is 0 Å². The lowest BCUT2D eigenvalue weighted by molar-refractivity contribution is 0.0703. The number of carbonyl (C=O) groups is 1. The number of rotatable bonds is 4. The summed E-state index contributed by atoms with van der Waals surface area (Å²) in [6.07, 6.45) is 6.46. The lowest BCUT2D eigenvalue weighted by atomic mass is 9.96. The van der Waals surface area contributed by atoms with Gasteiger partial charge in [-0.25, -0.2) is 14.5 Å². The first-order chi connectivity index (χ1) is 13.6. The molecule has 0 aromatic carbocycles. The molecule has 10 nitrogen and oxygen atoms in total. The molecule has 1 aliphatic heterocycles. The van der Waals surface area contributed by atoms with E-state index in [2.05, 4.69) is 20.3 Å². The fraction of sp³-hybridized carbons (Fsp3) is 0.444. The monoisotopic (exact) mass is 382 g/mol. The molecular weight excluding hydrogens is 360 g/mol. The van der Waals surface area contributed by atoms with Crippen LogP contribution in [0.1, 0.15) is 41.9 Å². The highest BCUT2D eigenvalue weighted by molar-refractivity contribution is 5.94. The average molecular weight is 382 g/mol. The van der Waals surface area contributed by atoms with Crippen molar-refractivity contribution in [3.8, 4) is 5.82 Å². The standard InChI is InChI=1S/C18H22N8O2/c1-3-26-16(22-23(2)18(26)28)14-5-4-8-24(10-14)17(27)13-6-7-19-15(9-13)25-11-20-21-12-25/h6-7,9,11-12,14H,3-5,8,10H2,1-2H3/t14-/m0/s1. The van der Waals surface area contributed by atoms with Gasteiger partial charge in [0.25, 0.3) is 5.91 Å². The second kappa shape index (κ2) is 7.37. The number of amides is 1. The molecule has 3 aromatic heterocycles. The summed E-state index contributed by atoms with van der Waals surface area (Å²) in [6, 6.07) is 3.45. The van der Waals surface area contributed by atoms with Gasteiger partial charge in [0, 0.05) is 44.4 Å². The number of nitrogens with zero attached hydrogens (tertiary/aromatic N) is 8. The van der Waals surface area contributed by atoms with E-state index in [4.69, 9.17) is 0 Å². The Kier molecular flexibility index (Phi) is 4.76. The third kappa shape index (κ3) is 3.21. The average Bonchev–Trinajstić information content (AvgIpc) is 3.36. The maximum atomic E-state index is 13.1. The first-order valence-corrected chi connectivity index (χ1v) is 9.32. The van der Waals surface area contributed by atoms with Gasteiger partial charge in [0.1, 0.15) is 24.3 Å². The number of aryl methyl sites for hydroxylation is 1. The molecule has 1 amide bonds. The van der Waals surface area contributed by atoms with Crippen molar-refractivity contribution in [2.45, 2.75) is 32.2 Å². The van der Waals surface area contributed by atoms with Crippen LogP contribution in [0, 0.1) is 0 Å². The number of hydrogen-bond donors (Lipinski definition) is 0. The van der Waals surface area contributed by atoms with Crippen LogP contribution >= 0.6 is 0 Å². The zero-order chi connectivity index (χ0) is 19.7. The summed E-state index contributed by atoms with van der Waals surface area (Å²) in [5.41, 5.74) is 0.446. The summed E-state index contributed by atoms with van der Waals surface area (Å²) in [4.78, 5) is 31.4. The Balaban J connectivity index is 1.57. The molecule has 0 aliphatic carbocycles. The molecule has 4 rings (SSSR count). The van der Waals surface area contributed by atoms with Gasteiger partial charge < -0.3 is 4.90 Å². The Bertz CT molecular complexity index is 1040. The molecular formula is C18H22N8O2. The maximum absolute atomic E-state index is 13.1. The highest BCUT2D eigenvalue weighted by Gasteiger charge is 2.29. The summed E-state index contributed by atoms with van der Waals surface area (Å²) in [5.74, 6) is 1.34. The highest BCUT2D eigenvalue weighted by Crippen LogP contribution is 2.26. The number of pyridine rings is 1. The highest BCUT2D eigenvalue weighted by atomic mass is 16.2. The molecule has 3 aromatic rings. The SMILES string of the molecule is CCn1c([C@H]2CCCN(C(=O)c3ccnc(-n4cnnc4)c3)C2)nn(C)c1=O. The van der Waals surface area contributed by atoms with Gasteiger partial charge in [-0.3, -0.25) is 13.9 Å². The quantitative estimate of drug-likeness (QED) is 0.654. The molecule has 1 aliphatic rings. The molecule has 0 bridgehead atoms. The van der Waals surface area contributed by atoms with E-state index in [1.165, 1.54) is 4.68 Å². The number of piperidine rings is 1. The Labute approximate surface area is 161 Å². The van der Waals surface area contributed by atoms with Gasteiger partial charge in [-0.15, -0.1) is 10.2 Å². The number of carbonyl (C=O) groups excluding carboxylic acids is 1. The van der Waals surface area contributed by atoms with Gasteiger partial charge in [0.05, 0.1) is 0 Å². The van der Waals surface area contributed by atoms with E-state index in [0.29, 0.717) is 31.0 Å². The van der Waals surface area contributed by atoms with Gasteiger partial charge in [0.15, 0.2) is 0 Å². The minimum absolute atomic E-state index is 0.0470. The smallest absolute Gasteiger partial charge is 0.338 e. The second-order valence-electron chi connectivity index (χ2n) is 6.87. The summed E-state index contributed by atoms with van der Waals surface area (Å²) in [6.45, 7) is 3.73. The minimum Gasteiger partial charge on any atom is -0.338 e. The fourth-order valence-corrected chi connectivity index (χ4v) is 3.69. The summed E-state index contributed by atoms with van der Waals surface area (Å²) in [5, 5.41) is 12.0. The van der Waals surface area contributed by atoms with Gasteiger partial charge in [-0.2, -0.15) is 5.10 Å². The van der Waals surface area contributed by atoms with Crippen LogP contribution in [0.4, 0.5) is 0 Å². The summed E-state index contributed by atoms with van der Waals surface area (Å²) >= 11 is 0. The van der Waals surface area contributed by atoms with Crippen LogP contribution in [-0.4, -0.2) is 58.0 Å². The molecule has 1 saturated heterocycles. The first kappa shape index (κ1) is 18.1. The van der Waals surface area contributed by atoms with E-state index in [1.54, 1.807) is 47.2 Å². The van der Waals surface area contributed by atoms with Crippen molar-refractivity contribution in [3.05, 3.63) is 52.9 Å². The molecule has 0 N–H and O–H groups in total. The van der Waals surface area contributed by atoms with Crippen molar-refractivity contribution < 1.29 is 4.79 Å². The van der Waals surface area contributed by atoms with Gasteiger partial charge in [0.2, 0.25) is 0 Å². The molecule has 0 unspecified atom stereocenters. The zero-order valence-corrected chi connectivity index (χ0v) is 15.9. The Morgan fingerprint density at radius 3 is 2.82 bits per heavy atom. The molecule has 1 atom stereocenters. The van der Waals surface area contributed by atoms with E-state index in [9.17, 15) is 9.59 Å². The molecule has 0 radical (unpaired) electrons. The lowest BCUT2D eigenvalue weighted by Gasteiger charge is -2.32. The van der Waals surface area contributed by atoms with Gasteiger partial charge in [-0.05, 0) is 31.9 Å². The molecule has 28 heavy (non-hydrogen) atoms. The molecule has 10 heteroatoms. The third-order valence-electron chi connectivity index (χ3n) is 5.10. The van der Waals surface area contributed by atoms with Crippen molar-refractivity contribution in [1.82, 2.24) is 39.0 Å². The van der Waals surface area contributed by atoms with Gasteiger partial charge in [-0.1, -0.05) is 0 Å². The molecule has 1 fully saturated rings. The van der Waals surface area contributed by atoms with E-state index >= 15 is 0 Å². The molecule has 4 heterocycles. The summed E-state index contributed by atoms with van der Waals surface area (Å²) < 4.78 is 4.72. The van der Waals surface area contributed by atoms with Crippen LogP contribution in [-0.2, 0) is 13.6 Å². The Morgan fingerprint density at radius 1 is 1.29 bits per heavy atom. The minimum atomic E-state index is -0.117. The van der Waals surface area contributed by atoms with Crippen LogP contribution in [0.5, 0.6) is 0 Å². The van der Waals surface area contributed by atoms with Crippen molar-refractivity contribution in [1.29, 1.82) is 0 Å². The Hall–Kier alpha value is -3.30. The van der Waals surface area contributed by atoms with Gasteiger partial charge >= 0.3 is 5.69 Å². The Morgan fingerprint density at radius 2 is 2.07 bits per heavy atom. The lowest BCUT2D eigenvalue weighted by Crippen LogP contribution is -2.40. The molecule has 0 spiro atoms. The van der Waals surface area contributed by atoms with Crippen LogP contribution < -0.4 is 5.69 Å². The molecule has 146 valence electrons.